The highest BCUT2D eigenvalue weighted by Crippen LogP contribution is 2.19. The van der Waals surface area contributed by atoms with Gasteiger partial charge in [-0.15, -0.1) is 0 Å². The Morgan fingerprint density at radius 1 is 1.03 bits per heavy atom. The van der Waals surface area contributed by atoms with Crippen LogP contribution in [0.5, 0.6) is 0 Å². The molecule has 5 atom stereocenters. The van der Waals surface area contributed by atoms with Crippen molar-refractivity contribution < 1.29 is 53.6 Å². The number of ether oxygens (including phenoxy) is 4. The molecule has 0 amide bonds. The van der Waals surface area contributed by atoms with Crippen LogP contribution >= 0.6 is 0 Å². The van der Waals surface area contributed by atoms with Crippen molar-refractivity contribution in [2.24, 2.45) is 11.8 Å². The second-order valence-electron chi connectivity index (χ2n) is 8.03. The van der Waals surface area contributed by atoms with E-state index in [-0.39, 0.29) is 64.5 Å². The summed E-state index contributed by atoms with van der Waals surface area (Å²) >= 11 is 0. The lowest BCUT2D eigenvalue weighted by molar-refractivity contribution is -0.391. The normalized spacial score (nSPS) is 15.9. The van der Waals surface area contributed by atoms with Gasteiger partial charge in [-0.3, -0.25) is 0 Å². The maximum Gasteiger partial charge on any atom is 0.330 e. The van der Waals surface area contributed by atoms with Crippen LogP contribution in [0.2, 0.25) is 0 Å². The van der Waals surface area contributed by atoms with Crippen molar-refractivity contribution in [1.29, 1.82) is 0 Å². The number of hydrogen-bond donors (Lipinski definition) is 3. The smallest absolute Gasteiger partial charge is 0.330 e. The molecule has 200 valence electrons. The summed E-state index contributed by atoms with van der Waals surface area (Å²) in [6, 6.07) is 0. The Bertz CT molecular complexity index is 685. The third kappa shape index (κ3) is 17.6. The molecule has 0 fully saturated rings. The van der Waals surface area contributed by atoms with Gasteiger partial charge >= 0.3 is 11.9 Å². The minimum Gasteiger partial charge on any atom is -0.462 e. The Hall–Kier alpha value is -2.50. The number of aliphatic hydroxyl groups is 3. The van der Waals surface area contributed by atoms with Crippen LogP contribution in [-0.4, -0.2) is 84.9 Å². The monoisotopic (exact) mass is 502 g/mol. The van der Waals surface area contributed by atoms with E-state index in [1.54, 1.807) is 6.92 Å². The first-order chi connectivity index (χ1) is 16.6. The maximum absolute atomic E-state index is 11.4. The second kappa shape index (κ2) is 18.8. The van der Waals surface area contributed by atoms with E-state index in [1.807, 2.05) is 0 Å². The average molecular weight is 503 g/mol. The minimum absolute atomic E-state index is 0.0304. The largest absolute Gasteiger partial charge is 0.462 e. The number of carbonyl (C=O) groups excluding carboxylic acids is 2. The van der Waals surface area contributed by atoms with Crippen LogP contribution in [-0.2, 0) is 38.3 Å². The van der Waals surface area contributed by atoms with Gasteiger partial charge in [-0.2, -0.15) is 4.89 Å². The third-order valence-electron chi connectivity index (χ3n) is 4.43. The Morgan fingerprint density at radius 3 is 2.23 bits per heavy atom. The summed E-state index contributed by atoms with van der Waals surface area (Å²) in [7, 11) is 0. The van der Waals surface area contributed by atoms with Crippen molar-refractivity contribution in [2.75, 3.05) is 39.6 Å². The Morgan fingerprint density at radius 2 is 1.66 bits per heavy atom. The Balaban J connectivity index is 4.57. The molecule has 0 aromatic rings. The van der Waals surface area contributed by atoms with Crippen LogP contribution in [0.3, 0.4) is 0 Å². The quantitative estimate of drug-likeness (QED) is 0.0395. The van der Waals surface area contributed by atoms with Gasteiger partial charge in [0.25, 0.3) is 0 Å². The number of hydrogen-bond acceptors (Lipinski definition) is 11. The summed E-state index contributed by atoms with van der Waals surface area (Å²) in [6.07, 6.45) is 1.88. The molecule has 0 saturated heterocycles. The third-order valence-corrected chi connectivity index (χ3v) is 4.43. The molecule has 0 aliphatic heterocycles. The lowest BCUT2D eigenvalue weighted by Gasteiger charge is -2.26. The summed E-state index contributed by atoms with van der Waals surface area (Å²) in [4.78, 5) is 32.0. The second-order valence-corrected chi connectivity index (χ2v) is 8.03. The van der Waals surface area contributed by atoms with Gasteiger partial charge in [0, 0.05) is 37.0 Å². The van der Waals surface area contributed by atoms with E-state index in [1.165, 1.54) is 6.92 Å². The molecule has 3 N–H and O–H groups in total. The highest BCUT2D eigenvalue weighted by molar-refractivity contribution is 5.81. The first kappa shape index (κ1) is 32.5. The number of aliphatic hydroxyl groups excluding tert-OH is 2. The van der Waals surface area contributed by atoms with E-state index in [9.17, 15) is 24.9 Å². The van der Waals surface area contributed by atoms with Gasteiger partial charge in [0.2, 0.25) is 5.79 Å². The molecule has 0 aromatic carbocycles. The lowest BCUT2D eigenvalue weighted by Crippen LogP contribution is -2.34. The van der Waals surface area contributed by atoms with Crippen LogP contribution in [0.25, 0.3) is 0 Å². The topological polar surface area (TPSA) is 150 Å². The summed E-state index contributed by atoms with van der Waals surface area (Å²) in [5, 5.41) is 29.8. The summed E-state index contributed by atoms with van der Waals surface area (Å²) in [6.45, 7) is 12.9. The van der Waals surface area contributed by atoms with Crippen LogP contribution in [0.15, 0.2) is 43.9 Å². The fourth-order valence-corrected chi connectivity index (χ4v) is 2.79. The molecule has 0 heterocycles. The van der Waals surface area contributed by atoms with E-state index in [2.05, 4.69) is 30.4 Å². The zero-order valence-electron chi connectivity index (χ0n) is 20.4. The minimum atomic E-state index is -1.67. The van der Waals surface area contributed by atoms with E-state index in [0.717, 1.165) is 18.4 Å². The van der Waals surface area contributed by atoms with Gasteiger partial charge in [-0.1, -0.05) is 25.5 Å². The van der Waals surface area contributed by atoms with Crippen molar-refractivity contribution in [1.82, 2.24) is 0 Å². The first-order valence-electron chi connectivity index (χ1n) is 11.0. The molecule has 0 saturated carbocycles. The molecule has 11 heteroatoms. The predicted octanol–water partition coefficient (Wildman–Crippen LogP) is 1.19. The van der Waals surface area contributed by atoms with Crippen LogP contribution in [0.4, 0.5) is 0 Å². The summed E-state index contributed by atoms with van der Waals surface area (Å²) in [5.74, 6) is -3.76. The van der Waals surface area contributed by atoms with Gasteiger partial charge in [0.15, 0.2) is 6.26 Å². The lowest BCUT2D eigenvalue weighted by atomic mass is 10.0. The number of rotatable bonds is 21. The molecule has 0 spiro atoms. The van der Waals surface area contributed by atoms with Crippen LogP contribution < -0.4 is 0 Å². The van der Waals surface area contributed by atoms with Crippen LogP contribution in [0.1, 0.15) is 26.7 Å². The number of esters is 2. The molecule has 0 radical (unpaired) electrons. The summed E-state index contributed by atoms with van der Waals surface area (Å²) < 4.78 is 21.2. The Kier molecular flexibility index (Phi) is 17.4. The molecule has 0 rings (SSSR count). The van der Waals surface area contributed by atoms with Crippen molar-refractivity contribution in [3.63, 3.8) is 0 Å². The predicted molar refractivity (Wildman–Crippen MR) is 124 cm³/mol. The molecule has 0 aromatic heterocycles. The maximum atomic E-state index is 11.4. The SMILES string of the molecule is C=C=COOC(C)(O)CC(CO)COC(C)COCC(COC(=O)C=C)CC(O)COC(=O)C=C. The fraction of sp³-hybridized carbons (Fsp3) is 0.625. The van der Waals surface area contributed by atoms with Gasteiger partial charge in [0.1, 0.15) is 6.61 Å². The number of carbonyl (C=O) groups is 2. The molecule has 5 unspecified atom stereocenters. The zero-order valence-corrected chi connectivity index (χ0v) is 20.4. The van der Waals surface area contributed by atoms with Gasteiger partial charge in [-0.25, -0.2) is 9.59 Å². The molecule has 11 nitrogen and oxygen atoms in total. The molecule has 35 heavy (non-hydrogen) atoms. The standard InChI is InChI=1S/C24H38O11/c1-6-9-34-35-24(5,29)11-20(12-25)16-31-18(4)13-30-14-19(15-32-22(27)7-2)10-21(26)17-33-23(28)8-3/h7-9,18-21,25-26,29H,1-3,10-17H2,4-5H3. The highest BCUT2D eigenvalue weighted by atomic mass is 17.2. The average Bonchev–Trinajstić information content (AvgIpc) is 2.83. The zero-order chi connectivity index (χ0) is 26.7. The van der Waals surface area contributed by atoms with Crippen LogP contribution in [0, 0.1) is 11.8 Å². The first-order valence-corrected chi connectivity index (χ1v) is 11.0. The molecule has 0 bridgehead atoms. The molecule has 0 aliphatic carbocycles. The van der Waals surface area contributed by atoms with E-state index in [4.69, 9.17) is 23.8 Å². The van der Waals surface area contributed by atoms with Gasteiger partial charge in [-0.05, 0) is 20.3 Å². The van der Waals surface area contributed by atoms with E-state index >= 15 is 0 Å². The van der Waals surface area contributed by atoms with Crippen molar-refractivity contribution >= 4 is 11.9 Å². The highest BCUT2D eigenvalue weighted by Gasteiger charge is 2.28. The fourth-order valence-electron chi connectivity index (χ4n) is 2.79. The van der Waals surface area contributed by atoms with E-state index < -0.39 is 29.7 Å². The van der Waals surface area contributed by atoms with Gasteiger partial charge < -0.3 is 39.2 Å². The van der Waals surface area contributed by atoms with Crippen molar-refractivity contribution in [3.05, 3.63) is 43.9 Å². The Labute approximate surface area is 206 Å². The van der Waals surface area contributed by atoms with E-state index in [0.29, 0.717) is 0 Å². The molecular formula is C24H38O11. The van der Waals surface area contributed by atoms with Crippen molar-refractivity contribution in [2.45, 2.75) is 44.7 Å². The molecular weight excluding hydrogens is 464 g/mol. The molecule has 0 aliphatic rings. The summed E-state index contributed by atoms with van der Waals surface area (Å²) in [5.41, 5.74) is 2.33. The van der Waals surface area contributed by atoms with Gasteiger partial charge in [0.05, 0.1) is 38.6 Å². The van der Waals surface area contributed by atoms with Crippen molar-refractivity contribution in [3.8, 4) is 0 Å².